The molecule has 1 saturated heterocycles. The van der Waals surface area contributed by atoms with Gasteiger partial charge in [0.25, 0.3) is 5.91 Å². The van der Waals surface area contributed by atoms with Crippen molar-refractivity contribution in [3.8, 4) is 0 Å². The average Bonchev–Trinajstić information content (AvgIpc) is 3.06. The molecule has 1 fully saturated rings. The molecule has 1 heterocycles. The summed E-state index contributed by atoms with van der Waals surface area (Å²) < 4.78 is 5.11. The third-order valence-corrected chi connectivity index (χ3v) is 5.61. The molecule has 1 aliphatic rings. The Kier molecular flexibility index (Phi) is 6.45. The van der Waals surface area contributed by atoms with Gasteiger partial charge in [-0.25, -0.2) is 0 Å². The van der Waals surface area contributed by atoms with E-state index in [0.29, 0.717) is 15.7 Å². The van der Waals surface area contributed by atoms with E-state index in [1.54, 1.807) is 17.0 Å². The Morgan fingerprint density at radius 1 is 1.17 bits per heavy atom. The van der Waals surface area contributed by atoms with E-state index in [0.717, 1.165) is 16.8 Å². The SMILES string of the molecule is Cc1cccc(N2C[C@H](C(=O)OCC(=O)Nc3ccc(Cl)c(Cl)c3)CC2=O)c1C. The lowest BCUT2D eigenvalue weighted by molar-refractivity contribution is -0.151. The summed E-state index contributed by atoms with van der Waals surface area (Å²) in [6.45, 7) is 3.69. The van der Waals surface area contributed by atoms with E-state index in [-0.39, 0.29) is 18.9 Å². The maximum Gasteiger partial charge on any atom is 0.311 e. The summed E-state index contributed by atoms with van der Waals surface area (Å²) in [6, 6.07) is 10.4. The van der Waals surface area contributed by atoms with Crippen molar-refractivity contribution in [2.75, 3.05) is 23.4 Å². The Labute approximate surface area is 178 Å². The molecule has 29 heavy (non-hydrogen) atoms. The summed E-state index contributed by atoms with van der Waals surface area (Å²) in [5, 5.41) is 3.25. The number of hydrogen-bond donors (Lipinski definition) is 1. The number of carbonyl (C=O) groups excluding carboxylic acids is 3. The Bertz CT molecular complexity index is 977. The van der Waals surface area contributed by atoms with Gasteiger partial charge in [0.05, 0.1) is 16.0 Å². The molecule has 0 aliphatic carbocycles. The van der Waals surface area contributed by atoms with Crippen molar-refractivity contribution >= 4 is 52.4 Å². The van der Waals surface area contributed by atoms with E-state index in [9.17, 15) is 14.4 Å². The first-order chi connectivity index (χ1) is 13.8. The first-order valence-electron chi connectivity index (χ1n) is 9.04. The molecule has 0 saturated carbocycles. The van der Waals surface area contributed by atoms with Crippen LogP contribution in [-0.2, 0) is 19.1 Å². The minimum atomic E-state index is -0.611. The van der Waals surface area contributed by atoms with Crippen LogP contribution in [0.2, 0.25) is 10.0 Å². The number of halogens is 2. The van der Waals surface area contributed by atoms with Crippen LogP contribution in [0, 0.1) is 19.8 Å². The quantitative estimate of drug-likeness (QED) is 0.717. The Balaban J connectivity index is 1.56. The molecule has 2 amide bonds. The predicted molar refractivity (Wildman–Crippen MR) is 112 cm³/mol. The zero-order valence-corrected chi connectivity index (χ0v) is 17.5. The number of ether oxygens (including phenoxy) is 1. The van der Waals surface area contributed by atoms with Crippen LogP contribution in [0.4, 0.5) is 11.4 Å². The van der Waals surface area contributed by atoms with Gasteiger partial charge in [0.15, 0.2) is 6.61 Å². The minimum Gasteiger partial charge on any atom is -0.455 e. The Morgan fingerprint density at radius 2 is 1.93 bits per heavy atom. The van der Waals surface area contributed by atoms with E-state index >= 15 is 0 Å². The molecule has 8 heteroatoms. The molecule has 2 aromatic carbocycles. The van der Waals surface area contributed by atoms with Crippen molar-refractivity contribution in [1.82, 2.24) is 0 Å². The van der Waals surface area contributed by atoms with Gasteiger partial charge in [0, 0.05) is 24.3 Å². The predicted octanol–water partition coefficient (Wildman–Crippen LogP) is 4.15. The minimum absolute atomic E-state index is 0.0562. The lowest BCUT2D eigenvalue weighted by Gasteiger charge is -2.20. The molecule has 0 unspecified atom stereocenters. The molecule has 0 radical (unpaired) electrons. The van der Waals surface area contributed by atoms with E-state index in [1.165, 1.54) is 6.07 Å². The number of amides is 2. The van der Waals surface area contributed by atoms with Crippen LogP contribution >= 0.6 is 23.2 Å². The van der Waals surface area contributed by atoms with Crippen molar-refractivity contribution < 1.29 is 19.1 Å². The number of carbonyl (C=O) groups is 3. The summed E-state index contributed by atoms with van der Waals surface area (Å²) >= 11 is 11.7. The fourth-order valence-electron chi connectivity index (χ4n) is 3.15. The van der Waals surface area contributed by atoms with Crippen LogP contribution < -0.4 is 10.2 Å². The Morgan fingerprint density at radius 3 is 2.66 bits per heavy atom. The molecule has 3 rings (SSSR count). The molecule has 2 aromatic rings. The third kappa shape index (κ3) is 4.89. The number of nitrogens with one attached hydrogen (secondary N) is 1. The number of aryl methyl sites for hydroxylation is 1. The molecule has 6 nitrogen and oxygen atoms in total. The van der Waals surface area contributed by atoms with E-state index < -0.39 is 24.4 Å². The summed E-state index contributed by atoms with van der Waals surface area (Å²) in [4.78, 5) is 38.4. The standard InChI is InChI=1S/C21H20Cl2N2O4/c1-12-4-3-5-18(13(12)2)25-10-14(8-20(25)27)21(28)29-11-19(26)24-15-6-7-16(22)17(23)9-15/h3-7,9,14H,8,10-11H2,1-2H3,(H,24,26)/t14-/m1/s1. The van der Waals surface area contributed by atoms with Crippen LogP contribution in [0.1, 0.15) is 17.5 Å². The molecule has 0 aromatic heterocycles. The first kappa shape index (κ1) is 21.1. The molecule has 0 bridgehead atoms. The monoisotopic (exact) mass is 434 g/mol. The van der Waals surface area contributed by atoms with Gasteiger partial charge in [-0.15, -0.1) is 0 Å². The highest BCUT2D eigenvalue weighted by Crippen LogP contribution is 2.30. The summed E-state index contributed by atoms with van der Waals surface area (Å²) in [5.41, 5.74) is 3.30. The number of nitrogens with zero attached hydrogens (tertiary/aromatic N) is 1. The van der Waals surface area contributed by atoms with Gasteiger partial charge >= 0.3 is 5.97 Å². The van der Waals surface area contributed by atoms with Crippen molar-refractivity contribution in [3.05, 3.63) is 57.6 Å². The normalized spacial score (nSPS) is 16.1. The molecule has 0 spiro atoms. The second kappa shape index (κ2) is 8.84. The lowest BCUT2D eigenvalue weighted by atomic mass is 10.1. The maximum absolute atomic E-state index is 12.4. The van der Waals surface area contributed by atoms with Crippen LogP contribution in [0.5, 0.6) is 0 Å². The van der Waals surface area contributed by atoms with Crippen LogP contribution in [0.3, 0.4) is 0 Å². The summed E-state index contributed by atoms with van der Waals surface area (Å²) in [6.07, 6.45) is 0.0562. The topological polar surface area (TPSA) is 75.7 Å². The third-order valence-electron chi connectivity index (χ3n) is 4.87. The second-order valence-corrected chi connectivity index (χ2v) is 7.72. The second-order valence-electron chi connectivity index (χ2n) is 6.91. The summed E-state index contributed by atoms with van der Waals surface area (Å²) in [5.74, 6) is -1.83. The van der Waals surface area contributed by atoms with Gasteiger partial charge in [-0.2, -0.15) is 0 Å². The van der Waals surface area contributed by atoms with E-state index in [4.69, 9.17) is 27.9 Å². The Hall–Kier alpha value is -2.57. The average molecular weight is 435 g/mol. The zero-order valence-electron chi connectivity index (χ0n) is 16.0. The first-order valence-corrected chi connectivity index (χ1v) is 9.80. The van der Waals surface area contributed by atoms with Gasteiger partial charge in [0.1, 0.15) is 0 Å². The van der Waals surface area contributed by atoms with Gasteiger partial charge < -0.3 is 15.0 Å². The number of esters is 1. The van der Waals surface area contributed by atoms with E-state index in [1.807, 2.05) is 32.0 Å². The molecule has 152 valence electrons. The van der Waals surface area contributed by atoms with Gasteiger partial charge in [0.2, 0.25) is 5.91 Å². The van der Waals surface area contributed by atoms with Crippen LogP contribution in [0.25, 0.3) is 0 Å². The smallest absolute Gasteiger partial charge is 0.311 e. The maximum atomic E-state index is 12.4. The van der Waals surface area contributed by atoms with Crippen LogP contribution in [0.15, 0.2) is 36.4 Å². The van der Waals surface area contributed by atoms with Crippen LogP contribution in [-0.4, -0.2) is 30.9 Å². The fraction of sp³-hybridized carbons (Fsp3) is 0.286. The molecular weight excluding hydrogens is 415 g/mol. The van der Waals surface area contributed by atoms with Crippen molar-refractivity contribution in [2.45, 2.75) is 20.3 Å². The van der Waals surface area contributed by atoms with Gasteiger partial charge in [-0.1, -0.05) is 35.3 Å². The summed E-state index contributed by atoms with van der Waals surface area (Å²) in [7, 11) is 0. The number of rotatable bonds is 5. The molecule has 1 aliphatic heterocycles. The molecule has 1 atom stereocenters. The van der Waals surface area contributed by atoms with E-state index in [2.05, 4.69) is 5.32 Å². The van der Waals surface area contributed by atoms with Crippen molar-refractivity contribution in [3.63, 3.8) is 0 Å². The van der Waals surface area contributed by atoms with Crippen molar-refractivity contribution in [1.29, 1.82) is 0 Å². The highest BCUT2D eigenvalue weighted by molar-refractivity contribution is 6.42. The van der Waals surface area contributed by atoms with Gasteiger partial charge in [-0.05, 0) is 49.2 Å². The molecular formula is C21H20Cl2N2O4. The number of benzene rings is 2. The van der Waals surface area contributed by atoms with Gasteiger partial charge in [-0.3, -0.25) is 14.4 Å². The molecule has 1 N–H and O–H groups in total. The van der Waals surface area contributed by atoms with Crippen molar-refractivity contribution in [2.24, 2.45) is 5.92 Å². The highest BCUT2D eigenvalue weighted by atomic mass is 35.5. The highest BCUT2D eigenvalue weighted by Gasteiger charge is 2.37. The lowest BCUT2D eigenvalue weighted by Crippen LogP contribution is -2.28. The largest absolute Gasteiger partial charge is 0.455 e. The zero-order chi connectivity index (χ0) is 21.1. The number of hydrogen-bond acceptors (Lipinski definition) is 4. The fourth-order valence-corrected chi connectivity index (χ4v) is 3.45. The number of anilines is 2.